The van der Waals surface area contributed by atoms with Gasteiger partial charge in [0.1, 0.15) is 0 Å². The van der Waals surface area contributed by atoms with E-state index >= 15 is 0 Å². The van der Waals surface area contributed by atoms with Crippen LogP contribution >= 0.6 is 0 Å². The molecule has 24 heavy (non-hydrogen) atoms. The van der Waals surface area contributed by atoms with Gasteiger partial charge in [-0.15, -0.1) is 0 Å². The van der Waals surface area contributed by atoms with Crippen molar-refractivity contribution in [3.63, 3.8) is 0 Å². The highest BCUT2D eigenvalue weighted by Crippen LogP contribution is 2.40. The van der Waals surface area contributed by atoms with Crippen LogP contribution in [-0.2, 0) is 12.8 Å². The maximum absolute atomic E-state index is 2.40. The molecule has 0 nitrogen and oxygen atoms in total. The van der Waals surface area contributed by atoms with Crippen molar-refractivity contribution in [3.05, 3.63) is 58.0 Å². The molecule has 0 radical (unpaired) electrons. The number of hydrogen-bond donors (Lipinski definition) is 0. The molecule has 4 aromatic rings. The Labute approximate surface area is 140 Å². The molecule has 7 rings (SSSR count). The minimum Gasteiger partial charge on any atom is -0.0611 e. The Balaban J connectivity index is 2.04. The molecule has 4 aromatic carbocycles. The van der Waals surface area contributed by atoms with Crippen molar-refractivity contribution in [3.8, 4) is 0 Å². The zero-order chi connectivity index (χ0) is 15.4. The topological polar surface area (TPSA) is 0 Å². The quantitative estimate of drug-likeness (QED) is 0.417. The minimum absolute atomic E-state index is 1.23. The molecule has 0 aliphatic heterocycles. The maximum atomic E-state index is 2.40. The van der Waals surface area contributed by atoms with E-state index in [0.29, 0.717) is 0 Å². The molecule has 0 atom stereocenters. The molecule has 0 N–H and O–H groups in total. The van der Waals surface area contributed by atoms with Gasteiger partial charge >= 0.3 is 0 Å². The first kappa shape index (κ1) is 12.1. The van der Waals surface area contributed by atoms with Crippen LogP contribution in [0.25, 0.3) is 43.5 Å². The first-order valence-electron chi connectivity index (χ1n) is 9.35. The summed E-state index contributed by atoms with van der Waals surface area (Å²) >= 11 is 0. The van der Waals surface area contributed by atoms with E-state index in [9.17, 15) is 0 Å². The van der Waals surface area contributed by atoms with Crippen LogP contribution in [0.1, 0.15) is 36.8 Å². The summed E-state index contributed by atoms with van der Waals surface area (Å²) in [6.45, 7) is 0. The molecule has 0 heterocycles. The zero-order valence-corrected chi connectivity index (χ0v) is 13.7. The predicted octanol–water partition coefficient (Wildman–Crippen LogP) is 4.57. The fraction of sp³-hybridized carbons (Fsp3) is 0.250. The normalized spacial score (nSPS) is 18.5. The smallest absolute Gasteiger partial charge is 0.00175 e. The van der Waals surface area contributed by atoms with Crippen LogP contribution in [-0.4, -0.2) is 0 Å². The van der Waals surface area contributed by atoms with Crippen LogP contribution in [0, 0.1) is 0 Å². The molecule has 0 saturated heterocycles. The molecular formula is C24H18. The van der Waals surface area contributed by atoms with Crippen molar-refractivity contribution in [2.24, 2.45) is 0 Å². The van der Waals surface area contributed by atoms with Gasteiger partial charge < -0.3 is 0 Å². The summed E-state index contributed by atoms with van der Waals surface area (Å²) in [5, 5.41) is 12.5. The lowest BCUT2D eigenvalue weighted by molar-refractivity contribution is 0.869. The number of benzene rings is 4. The first-order chi connectivity index (χ1) is 11.9. The van der Waals surface area contributed by atoms with Crippen LogP contribution < -0.4 is 10.4 Å². The van der Waals surface area contributed by atoms with Crippen molar-refractivity contribution in [1.82, 2.24) is 0 Å². The third-order valence-corrected chi connectivity index (χ3v) is 6.92. The van der Waals surface area contributed by atoms with Crippen LogP contribution in [0.15, 0.2) is 36.4 Å². The molecule has 0 fully saturated rings. The van der Waals surface area contributed by atoms with Crippen LogP contribution in [0.2, 0.25) is 0 Å². The maximum Gasteiger partial charge on any atom is -0.00175 e. The van der Waals surface area contributed by atoms with Crippen LogP contribution in [0.3, 0.4) is 0 Å². The SMILES string of the molecule is c1cc2ccc3ccc4c5c6c7c(c1CCC=7CCC=6CC4)c2c35. The van der Waals surface area contributed by atoms with Gasteiger partial charge in [-0.25, -0.2) is 0 Å². The highest BCUT2D eigenvalue weighted by atomic mass is 14.3. The highest BCUT2D eigenvalue weighted by molar-refractivity contribution is 6.25. The molecule has 3 aliphatic rings. The molecule has 0 saturated carbocycles. The van der Waals surface area contributed by atoms with E-state index < -0.39 is 0 Å². The Morgan fingerprint density at radius 2 is 0.833 bits per heavy atom. The second-order valence-corrected chi connectivity index (χ2v) is 7.92. The van der Waals surface area contributed by atoms with Gasteiger partial charge in [0.15, 0.2) is 0 Å². The van der Waals surface area contributed by atoms with Gasteiger partial charge in [0, 0.05) is 0 Å². The standard InChI is InChI=1S/C24H18/c1-2-14-5-6-16-9-11-18-12-10-17-8-7-15-4-3-13(1)19-20(14)22(16)24(18)23(17)21(15)19/h1-6H,7-12H2. The van der Waals surface area contributed by atoms with E-state index in [1.54, 1.807) is 54.3 Å². The molecule has 0 heteroatoms. The molecule has 0 unspecified atom stereocenters. The lowest BCUT2D eigenvalue weighted by Crippen LogP contribution is -2.38. The van der Waals surface area contributed by atoms with Crippen molar-refractivity contribution in [2.45, 2.75) is 38.5 Å². The summed E-state index contributed by atoms with van der Waals surface area (Å²) in [5.41, 5.74) is 6.66. The van der Waals surface area contributed by atoms with Gasteiger partial charge in [0.05, 0.1) is 0 Å². The summed E-state index contributed by atoms with van der Waals surface area (Å²) < 4.78 is 0. The highest BCUT2D eigenvalue weighted by Gasteiger charge is 2.26. The Kier molecular flexibility index (Phi) is 1.93. The van der Waals surface area contributed by atoms with Gasteiger partial charge in [-0.3, -0.25) is 0 Å². The molecule has 0 bridgehead atoms. The Morgan fingerprint density at radius 3 is 1.33 bits per heavy atom. The third kappa shape index (κ3) is 1.20. The van der Waals surface area contributed by atoms with E-state index in [-0.39, 0.29) is 0 Å². The van der Waals surface area contributed by atoms with E-state index in [2.05, 4.69) is 36.4 Å². The third-order valence-electron chi connectivity index (χ3n) is 6.92. The summed E-state index contributed by atoms with van der Waals surface area (Å²) in [6, 6.07) is 14.2. The van der Waals surface area contributed by atoms with Crippen molar-refractivity contribution < 1.29 is 0 Å². The Morgan fingerprint density at radius 1 is 0.417 bits per heavy atom. The van der Waals surface area contributed by atoms with Crippen LogP contribution in [0.4, 0.5) is 0 Å². The fourth-order valence-electron chi connectivity index (χ4n) is 5.89. The van der Waals surface area contributed by atoms with E-state index in [1.807, 2.05) is 0 Å². The summed E-state index contributed by atoms with van der Waals surface area (Å²) in [7, 11) is 0. The van der Waals surface area contributed by atoms with Crippen LogP contribution in [0.5, 0.6) is 0 Å². The predicted molar refractivity (Wildman–Crippen MR) is 102 cm³/mol. The van der Waals surface area contributed by atoms with Gasteiger partial charge in [-0.2, -0.15) is 0 Å². The zero-order valence-electron chi connectivity index (χ0n) is 13.7. The minimum atomic E-state index is 1.23. The lowest BCUT2D eigenvalue weighted by Gasteiger charge is -2.29. The average Bonchev–Trinajstić information content (AvgIpc) is 2.65. The lowest BCUT2D eigenvalue weighted by atomic mass is 9.75. The average molecular weight is 306 g/mol. The van der Waals surface area contributed by atoms with Gasteiger partial charge in [-0.1, -0.05) is 47.5 Å². The molecule has 3 aliphatic carbocycles. The second kappa shape index (κ2) is 3.83. The first-order valence-corrected chi connectivity index (χ1v) is 9.35. The molecular weight excluding hydrogens is 288 g/mol. The largest absolute Gasteiger partial charge is 0.0611 e. The van der Waals surface area contributed by atoms with Gasteiger partial charge in [0.25, 0.3) is 0 Å². The van der Waals surface area contributed by atoms with Gasteiger partial charge in [-0.05, 0) is 92.4 Å². The summed E-state index contributed by atoms with van der Waals surface area (Å²) in [6.07, 6.45) is 7.63. The second-order valence-electron chi connectivity index (χ2n) is 7.92. The number of aryl methyl sites for hydroxylation is 2. The van der Waals surface area contributed by atoms with Crippen molar-refractivity contribution in [1.29, 1.82) is 0 Å². The Bertz CT molecular complexity index is 1230. The number of hydrogen-bond acceptors (Lipinski definition) is 0. The molecule has 0 spiro atoms. The summed E-state index contributed by atoms with van der Waals surface area (Å²) in [5.74, 6) is 0. The van der Waals surface area contributed by atoms with Crippen molar-refractivity contribution >= 4 is 43.5 Å². The summed E-state index contributed by atoms with van der Waals surface area (Å²) in [4.78, 5) is 0. The van der Waals surface area contributed by atoms with Gasteiger partial charge in [0.2, 0.25) is 0 Å². The van der Waals surface area contributed by atoms with E-state index in [4.69, 9.17) is 0 Å². The van der Waals surface area contributed by atoms with E-state index in [0.717, 1.165) is 0 Å². The molecule has 0 amide bonds. The fourth-order valence-corrected chi connectivity index (χ4v) is 5.89. The monoisotopic (exact) mass is 306 g/mol. The molecule has 0 aromatic heterocycles. The van der Waals surface area contributed by atoms with Crippen molar-refractivity contribution in [2.75, 3.05) is 0 Å². The number of rotatable bonds is 0. The van der Waals surface area contributed by atoms with E-state index in [1.165, 1.54) is 49.3 Å². The molecule has 114 valence electrons. The Hall–Kier alpha value is -2.34.